The Morgan fingerprint density at radius 1 is 1.52 bits per heavy atom. The molecule has 0 bridgehead atoms. The van der Waals surface area contributed by atoms with Crippen LogP contribution in [0.3, 0.4) is 0 Å². The summed E-state index contributed by atoms with van der Waals surface area (Å²) in [6, 6.07) is 4.08. The van der Waals surface area contributed by atoms with Crippen LogP contribution in [0.25, 0.3) is 0 Å². The van der Waals surface area contributed by atoms with Gasteiger partial charge in [-0.25, -0.2) is 0 Å². The smallest absolute Gasteiger partial charge is 0.322 e. The largest absolute Gasteiger partial charge is 0.486 e. The Labute approximate surface area is 130 Å². The molecular formula is C13H17BrN2O5. The molecule has 0 heterocycles. The zero-order chi connectivity index (χ0) is 15.8. The highest BCUT2D eigenvalue weighted by atomic mass is 79.9. The molecule has 0 aliphatic carbocycles. The zero-order valence-electron chi connectivity index (χ0n) is 11.8. The number of ether oxygens (including phenoxy) is 2. The van der Waals surface area contributed by atoms with Gasteiger partial charge < -0.3 is 14.8 Å². The number of benzene rings is 1. The first kappa shape index (κ1) is 17.4. The number of methoxy groups -OCH3 is 1. The van der Waals surface area contributed by atoms with Crippen LogP contribution >= 0.6 is 15.9 Å². The van der Waals surface area contributed by atoms with Crippen LogP contribution in [-0.2, 0) is 9.53 Å². The Balaban J connectivity index is 2.71. The van der Waals surface area contributed by atoms with Crippen molar-refractivity contribution in [2.24, 2.45) is 0 Å². The van der Waals surface area contributed by atoms with Crippen molar-refractivity contribution in [3.05, 3.63) is 32.8 Å². The minimum absolute atomic E-state index is 0.123. The lowest BCUT2D eigenvalue weighted by molar-refractivity contribution is -0.386. The summed E-state index contributed by atoms with van der Waals surface area (Å²) in [6.45, 7) is 2.63. The average Bonchev–Trinajstić information content (AvgIpc) is 2.46. The predicted octanol–water partition coefficient (Wildman–Crippen LogP) is 2.28. The fourth-order valence-electron chi connectivity index (χ4n) is 1.75. The fourth-order valence-corrected chi connectivity index (χ4v) is 2.23. The van der Waals surface area contributed by atoms with Crippen LogP contribution in [0.1, 0.15) is 13.3 Å². The lowest BCUT2D eigenvalue weighted by atomic mass is 10.2. The summed E-state index contributed by atoms with van der Waals surface area (Å²) in [5.74, 6) is -0.232. The van der Waals surface area contributed by atoms with Gasteiger partial charge in [0, 0.05) is 12.5 Å². The number of nitrogens with zero attached hydrogens (tertiary/aromatic N) is 1. The van der Waals surface area contributed by atoms with E-state index in [-0.39, 0.29) is 24.0 Å². The van der Waals surface area contributed by atoms with Crippen LogP contribution in [0.15, 0.2) is 22.7 Å². The monoisotopic (exact) mass is 360 g/mol. The van der Waals surface area contributed by atoms with Gasteiger partial charge in [-0.1, -0.05) is 13.0 Å². The number of nitrogens with one attached hydrogen (secondary N) is 1. The fraction of sp³-hybridized carbons (Fsp3) is 0.462. The van der Waals surface area contributed by atoms with Crippen molar-refractivity contribution in [1.29, 1.82) is 0 Å². The number of carbonyl (C=O) groups excluding carboxylic acids is 1. The molecule has 1 aromatic carbocycles. The number of carbonyl (C=O) groups is 1. The highest BCUT2D eigenvalue weighted by Gasteiger charge is 2.21. The van der Waals surface area contributed by atoms with E-state index >= 15 is 0 Å². The summed E-state index contributed by atoms with van der Waals surface area (Å²) in [4.78, 5) is 22.0. The van der Waals surface area contributed by atoms with Gasteiger partial charge in [-0.3, -0.25) is 14.9 Å². The van der Waals surface area contributed by atoms with Gasteiger partial charge in [-0.15, -0.1) is 0 Å². The number of rotatable bonds is 8. The molecule has 8 heteroatoms. The van der Waals surface area contributed by atoms with Gasteiger partial charge in [0.1, 0.15) is 6.04 Å². The minimum atomic E-state index is -0.512. The summed E-state index contributed by atoms with van der Waals surface area (Å²) in [5, 5.41) is 13.9. The summed E-state index contributed by atoms with van der Waals surface area (Å²) < 4.78 is 10.6. The number of esters is 1. The van der Waals surface area contributed by atoms with Crippen LogP contribution in [0.5, 0.6) is 5.75 Å². The minimum Gasteiger partial charge on any atom is -0.486 e. The van der Waals surface area contributed by atoms with Gasteiger partial charge in [0.25, 0.3) is 0 Å². The standard InChI is InChI=1S/C13H17BrN2O5/c1-3-15-10(13(17)20-2)7-8-21-12-9(14)5-4-6-11(12)16(18)19/h4-6,10,15H,3,7-8H2,1-2H3. The molecule has 0 saturated carbocycles. The Kier molecular flexibility index (Phi) is 7.10. The summed E-state index contributed by atoms with van der Waals surface area (Å²) in [7, 11) is 1.31. The predicted molar refractivity (Wildman–Crippen MR) is 80.4 cm³/mol. The van der Waals surface area contributed by atoms with Crippen LogP contribution in [0.2, 0.25) is 0 Å². The molecule has 21 heavy (non-hydrogen) atoms. The number of hydrogen-bond donors (Lipinski definition) is 1. The van der Waals surface area contributed by atoms with Gasteiger partial charge in [-0.2, -0.15) is 0 Å². The molecule has 0 spiro atoms. The molecule has 7 nitrogen and oxygen atoms in total. The van der Waals surface area contributed by atoms with E-state index in [2.05, 4.69) is 26.0 Å². The second kappa shape index (κ2) is 8.58. The molecule has 0 aromatic heterocycles. The van der Waals surface area contributed by atoms with Crippen molar-refractivity contribution in [3.63, 3.8) is 0 Å². The molecule has 0 aliphatic heterocycles. The highest BCUT2D eigenvalue weighted by Crippen LogP contribution is 2.34. The van der Waals surface area contributed by atoms with E-state index < -0.39 is 11.0 Å². The molecule has 1 aromatic rings. The summed E-state index contributed by atoms with van der Waals surface area (Å²) in [6.07, 6.45) is 0.346. The Morgan fingerprint density at radius 3 is 2.81 bits per heavy atom. The SMILES string of the molecule is CCNC(CCOc1c(Br)cccc1[N+](=O)[O-])C(=O)OC. The lowest BCUT2D eigenvalue weighted by Crippen LogP contribution is -2.38. The summed E-state index contributed by atoms with van der Waals surface area (Å²) >= 11 is 3.22. The zero-order valence-corrected chi connectivity index (χ0v) is 13.4. The Hall–Kier alpha value is -1.67. The van der Waals surface area contributed by atoms with Crippen LogP contribution < -0.4 is 10.1 Å². The Bertz CT molecular complexity index is 509. The molecule has 0 radical (unpaired) electrons. The molecule has 116 valence electrons. The van der Waals surface area contributed by atoms with Crippen molar-refractivity contribution in [3.8, 4) is 5.75 Å². The molecule has 0 aliphatic rings. The molecular weight excluding hydrogens is 344 g/mol. The molecule has 0 amide bonds. The number of nitro benzene ring substituents is 1. The van der Waals surface area contributed by atoms with E-state index in [9.17, 15) is 14.9 Å². The third kappa shape index (κ3) is 4.98. The first-order valence-corrected chi connectivity index (χ1v) is 7.17. The number of hydrogen-bond acceptors (Lipinski definition) is 6. The molecule has 0 saturated heterocycles. The van der Waals surface area contributed by atoms with Crippen LogP contribution in [0, 0.1) is 10.1 Å². The molecule has 0 fully saturated rings. The maximum absolute atomic E-state index is 11.5. The van der Waals surface area contributed by atoms with Crippen molar-refractivity contribution in [1.82, 2.24) is 5.32 Å². The second-order valence-corrected chi connectivity index (χ2v) is 4.97. The van der Waals surface area contributed by atoms with E-state index in [1.54, 1.807) is 12.1 Å². The second-order valence-electron chi connectivity index (χ2n) is 4.12. The van der Waals surface area contributed by atoms with Gasteiger partial charge in [0.15, 0.2) is 0 Å². The maximum Gasteiger partial charge on any atom is 0.322 e. The number of nitro groups is 1. The number of likely N-dealkylation sites (N-methyl/N-ethyl adjacent to an activating group) is 1. The lowest BCUT2D eigenvalue weighted by Gasteiger charge is -2.16. The van der Waals surface area contributed by atoms with Gasteiger partial charge in [0.05, 0.1) is 23.1 Å². The van der Waals surface area contributed by atoms with E-state index in [4.69, 9.17) is 4.74 Å². The summed E-state index contributed by atoms with van der Waals surface area (Å²) in [5.41, 5.74) is -0.123. The van der Waals surface area contributed by atoms with Gasteiger partial charge in [-0.05, 0) is 28.5 Å². The number of para-hydroxylation sites is 1. The average molecular weight is 361 g/mol. The maximum atomic E-state index is 11.5. The van der Waals surface area contributed by atoms with Crippen molar-refractivity contribution in [2.45, 2.75) is 19.4 Å². The highest BCUT2D eigenvalue weighted by molar-refractivity contribution is 9.10. The Morgan fingerprint density at radius 2 is 2.24 bits per heavy atom. The first-order chi connectivity index (χ1) is 10.0. The molecule has 1 rings (SSSR count). The normalized spacial score (nSPS) is 11.8. The van der Waals surface area contributed by atoms with E-state index in [0.717, 1.165) is 0 Å². The third-order valence-electron chi connectivity index (χ3n) is 2.73. The van der Waals surface area contributed by atoms with Crippen molar-refractivity contribution < 1.29 is 19.2 Å². The first-order valence-electron chi connectivity index (χ1n) is 6.38. The van der Waals surface area contributed by atoms with Crippen molar-refractivity contribution >= 4 is 27.6 Å². The van der Waals surface area contributed by atoms with E-state index in [1.165, 1.54) is 13.2 Å². The van der Waals surface area contributed by atoms with Gasteiger partial charge in [0.2, 0.25) is 5.75 Å². The quantitative estimate of drug-likeness (QED) is 0.434. The van der Waals surface area contributed by atoms with E-state index in [0.29, 0.717) is 17.4 Å². The molecule has 1 N–H and O–H groups in total. The molecule has 1 unspecified atom stereocenters. The number of halogens is 1. The van der Waals surface area contributed by atoms with Gasteiger partial charge >= 0.3 is 11.7 Å². The van der Waals surface area contributed by atoms with Crippen molar-refractivity contribution in [2.75, 3.05) is 20.3 Å². The topological polar surface area (TPSA) is 90.7 Å². The van der Waals surface area contributed by atoms with Crippen LogP contribution in [-0.4, -0.2) is 37.2 Å². The van der Waals surface area contributed by atoms with E-state index in [1.807, 2.05) is 6.92 Å². The van der Waals surface area contributed by atoms with Crippen LogP contribution in [0.4, 0.5) is 5.69 Å². The molecule has 1 atom stereocenters. The third-order valence-corrected chi connectivity index (χ3v) is 3.36.